The third-order valence-corrected chi connectivity index (χ3v) is 2.67. The van der Waals surface area contributed by atoms with Crippen LogP contribution in [-0.2, 0) is 4.79 Å². The molecule has 1 atom stereocenters. The molecule has 1 rings (SSSR count). The van der Waals surface area contributed by atoms with Gasteiger partial charge in [-0.15, -0.1) is 0 Å². The molecule has 0 spiro atoms. The lowest BCUT2D eigenvalue weighted by Crippen LogP contribution is -2.28. The quantitative estimate of drug-likeness (QED) is 0.561. The number of aliphatic carboxylic acids is 1. The third kappa shape index (κ3) is 4.11. The lowest BCUT2D eigenvalue weighted by atomic mass is 10.2. The summed E-state index contributed by atoms with van der Waals surface area (Å²) < 4.78 is 5.33. The number of rotatable bonds is 8. The van der Waals surface area contributed by atoms with E-state index in [2.05, 4.69) is 5.32 Å². The minimum absolute atomic E-state index is 0.132. The number of carboxylic acids is 1. The summed E-state index contributed by atoms with van der Waals surface area (Å²) in [6.45, 7) is 4.00. The number of nitrogens with zero attached hydrogens (tertiary/aromatic N) is 1. The van der Waals surface area contributed by atoms with Crippen molar-refractivity contribution in [1.82, 2.24) is 0 Å². The second-order valence-corrected chi connectivity index (χ2v) is 4.23. The zero-order chi connectivity index (χ0) is 15.1. The molecule has 0 radical (unpaired) electrons. The van der Waals surface area contributed by atoms with Gasteiger partial charge in [-0.05, 0) is 18.9 Å². The van der Waals surface area contributed by atoms with Crippen LogP contribution in [0.1, 0.15) is 26.7 Å². The lowest BCUT2D eigenvalue weighted by Gasteiger charge is -2.14. The van der Waals surface area contributed by atoms with E-state index in [1.165, 1.54) is 18.2 Å². The zero-order valence-electron chi connectivity index (χ0n) is 11.5. The molecule has 0 aromatic heterocycles. The van der Waals surface area contributed by atoms with Crippen molar-refractivity contribution in [3.63, 3.8) is 0 Å². The zero-order valence-corrected chi connectivity index (χ0v) is 11.5. The highest BCUT2D eigenvalue weighted by molar-refractivity contribution is 5.77. The summed E-state index contributed by atoms with van der Waals surface area (Å²) in [5.74, 6) is -0.830. The number of benzene rings is 1. The van der Waals surface area contributed by atoms with Gasteiger partial charge in [-0.2, -0.15) is 0 Å². The van der Waals surface area contributed by atoms with Crippen molar-refractivity contribution < 1.29 is 19.6 Å². The average Bonchev–Trinajstić information content (AvgIpc) is 2.41. The molecule has 7 heteroatoms. The molecule has 0 bridgehead atoms. The lowest BCUT2D eigenvalue weighted by molar-refractivity contribution is -0.385. The fraction of sp³-hybridized carbons (Fsp3) is 0.462. The Morgan fingerprint density at radius 3 is 2.70 bits per heavy atom. The van der Waals surface area contributed by atoms with Crippen LogP contribution in [0.15, 0.2) is 18.2 Å². The Bertz CT molecular complexity index is 490. The van der Waals surface area contributed by atoms with E-state index in [1.54, 1.807) is 6.92 Å². The molecule has 1 unspecified atom stereocenters. The van der Waals surface area contributed by atoms with Gasteiger partial charge in [-0.1, -0.05) is 13.8 Å². The van der Waals surface area contributed by atoms with Crippen molar-refractivity contribution in [2.45, 2.75) is 32.7 Å². The first-order valence-electron chi connectivity index (χ1n) is 6.40. The van der Waals surface area contributed by atoms with Gasteiger partial charge >= 0.3 is 11.7 Å². The number of nitro groups is 1. The van der Waals surface area contributed by atoms with E-state index in [0.717, 1.165) is 6.42 Å². The van der Waals surface area contributed by atoms with Gasteiger partial charge in [-0.3, -0.25) is 10.1 Å². The molecular formula is C13H18N2O5. The van der Waals surface area contributed by atoms with Gasteiger partial charge in [0.15, 0.2) is 5.75 Å². The molecule has 110 valence electrons. The van der Waals surface area contributed by atoms with Crippen LogP contribution in [0, 0.1) is 10.1 Å². The predicted octanol–water partition coefficient (Wildman–Crippen LogP) is 2.66. The van der Waals surface area contributed by atoms with Crippen LogP contribution in [0.4, 0.5) is 11.4 Å². The number of hydrogen-bond donors (Lipinski definition) is 2. The number of nitrogens with one attached hydrogen (secondary N) is 1. The van der Waals surface area contributed by atoms with Crippen molar-refractivity contribution >= 4 is 17.3 Å². The SMILES string of the molecule is CCCOc1cc(NC(CC)C(=O)O)ccc1[N+](=O)[O-]. The maximum absolute atomic E-state index is 11.0. The van der Waals surface area contributed by atoms with E-state index in [-0.39, 0.29) is 11.4 Å². The average molecular weight is 282 g/mol. The highest BCUT2D eigenvalue weighted by Gasteiger charge is 2.19. The third-order valence-electron chi connectivity index (χ3n) is 2.67. The molecule has 0 fully saturated rings. The van der Waals surface area contributed by atoms with E-state index in [0.29, 0.717) is 18.7 Å². The summed E-state index contributed by atoms with van der Waals surface area (Å²) in [6, 6.07) is 3.50. The first-order valence-corrected chi connectivity index (χ1v) is 6.40. The highest BCUT2D eigenvalue weighted by Crippen LogP contribution is 2.30. The molecule has 0 amide bonds. The molecule has 0 aliphatic rings. The standard InChI is InChI=1S/C13H18N2O5/c1-3-7-20-12-8-9(5-6-11(12)15(18)19)14-10(4-2)13(16)17/h5-6,8,10,14H,3-4,7H2,1-2H3,(H,16,17). The van der Waals surface area contributed by atoms with E-state index < -0.39 is 16.9 Å². The van der Waals surface area contributed by atoms with Crippen molar-refractivity contribution in [3.8, 4) is 5.75 Å². The Balaban J connectivity index is 2.99. The van der Waals surface area contributed by atoms with E-state index >= 15 is 0 Å². The van der Waals surface area contributed by atoms with E-state index in [4.69, 9.17) is 9.84 Å². The summed E-state index contributed by atoms with van der Waals surface area (Å²) in [6.07, 6.45) is 1.12. The van der Waals surface area contributed by atoms with Crippen LogP contribution in [0.25, 0.3) is 0 Å². The number of carbonyl (C=O) groups is 1. The van der Waals surface area contributed by atoms with Crippen LogP contribution < -0.4 is 10.1 Å². The molecule has 0 aliphatic carbocycles. The van der Waals surface area contributed by atoms with Crippen LogP contribution >= 0.6 is 0 Å². The molecule has 0 heterocycles. The van der Waals surface area contributed by atoms with Gasteiger partial charge in [0.2, 0.25) is 0 Å². The van der Waals surface area contributed by atoms with Gasteiger partial charge in [0.05, 0.1) is 11.5 Å². The van der Waals surface area contributed by atoms with Gasteiger partial charge in [0, 0.05) is 17.8 Å². The molecule has 1 aromatic rings. The van der Waals surface area contributed by atoms with Crippen LogP contribution in [-0.4, -0.2) is 28.6 Å². The number of carboxylic acid groups (broad SMARTS) is 1. The molecule has 2 N–H and O–H groups in total. The number of ether oxygens (including phenoxy) is 1. The molecular weight excluding hydrogens is 264 g/mol. The topological polar surface area (TPSA) is 102 Å². The monoisotopic (exact) mass is 282 g/mol. The second kappa shape index (κ2) is 7.32. The first-order chi connectivity index (χ1) is 9.49. The molecule has 7 nitrogen and oxygen atoms in total. The Hall–Kier alpha value is -2.31. The van der Waals surface area contributed by atoms with Gasteiger partial charge in [0.1, 0.15) is 6.04 Å². The fourth-order valence-corrected chi connectivity index (χ4v) is 1.62. The van der Waals surface area contributed by atoms with Crippen LogP contribution in [0.2, 0.25) is 0 Å². The normalized spacial score (nSPS) is 11.7. The number of nitro benzene ring substituents is 1. The summed E-state index contributed by atoms with van der Waals surface area (Å²) in [5, 5.41) is 22.7. The molecule has 0 saturated carbocycles. The Morgan fingerprint density at radius 2 is 2.20 bits per heavy atom. The largest absolute Gasteiger partial charge is 0.487 e. The fourth-order valence-electron chi connectivity index (χ4n) is 1.62. The predicted molar refractivity (Wildman–Crippen MR) is 74.2 cm³/mol. The molecule has 0 aliphatic heterocycles. The summed E-state index contributed by atoms with van der Waals surface area (Å²) in [4.78, 5) is 21.3. The molecule has 20 heavy (non-hydrogen) atoms. The number of hydrogen-bond acceptors (Lipinski definition) is 5. The van der Waals surface area contributed by atoms with Gasteiger partial charge in [0.25, 0.3) is 0 Å². The minimum Gasteiger partial charge on any atom is -0.487 e. The van der Waals surface area contributed by atoms with Crippen LogP contribution in [0.3, 0.4) is 0 Å². The second-order valence-electron chi connectivity index (χ2n) is 4.23. The van der Waals surface area contributed by atoms with Gasteiger partial charge < -0.3 is 15.2 Å². The first kappa shape index (κ1) is 15.7. The van der Waals surface area contributed by atoms with Crippen molar-refractivity contribution in [3.05, 3.63) is 28.3 Å². The summed E-state index contributed by atoms with van der Waals surface area (Å²) in [5.41, 5.74) is 0.350. The Labute approximate surface area is 116 Å². The van der Waals surface area contributed by atoms with Gasteiger partial charge in [-0.25, -0.2) is 4.79 Å². The number of anilines is 1. The maximum atomic E-state index is 11.0. The summed E-state index contributed by atoms with van der Waals surface area (Å²) >= 11 is 0. The molecule has 1 aromatic carbocycles. The van der Waals surface area contributed by atoms with Crippen LogP contribution in [0.5, 0.6) is 5.75 Å². The van der Waals surface area contributed by atoms with Crippen molar-refractivity contribution in [2.75, 3.05) is 11.9 Å². The van der Waals surface area contributed by atoms with E-state index in [9.17, 15) is 14.9 Å². The molecule has 0 saturated heterocycles. The van der Waals surface area contributed by atoms with E-state index in [1.807, 2.05) is 6.92 Å². The van der Waals surface area contributed by atoms with Crippen molar-refractivity contribution in [1.29, 1.82) is 0 Å². The smallest absolute Gasteiger partial charge is 0.326 e. The highest BCUT2D eigenvalue weighted by atomic mass is 16.6. The summed E-state index contributed by atoms with van der Waals surface area (Å²) in [7, 11) is 0. The maximum Gasteiger partial charge on any atom is 0.326 e. The Morgan fingerprint density at radius 1 is 1.50 bits per heavy atom. The Kier molecular flexibility index (Phi) is 5.76. The minimum atomic E-state index is -0.970. The van der Waals surface area contributed by atoms with Crippen molar-refractivity contribution in [2.24, 2.45) is 0 Å².